The van der Waals surface area contributed by atoms with Crippen molar-refractivity contribution >= 4 is 11.9 Å². The molecule has 546 valence electrons. The van der Waals surface area contributed by atoms with E-state index in [0.29, 0.717) is 19.4 Å². The molecule has 7 unspecified atom stereocenters. The Morgan fingerprint density at radius 1 is 0.398 bits per heavy atom. The molecule has 1 saturated heterocycles. The Kier molecular flexibility index (Phi) is 67.6. The summed E-state index contributed by atoms with van der Waals surface area (Å²) in [6.07, 6.45) is 84.5. The number of aliphatic hydroxyl groups excluding tert-OH is 5. The Bertz CT molecular complexity index is 1690. The maximum Gasteiger partial charge on any atom is 0.305 e. The second-order valence-corrected chi connectivity index (χ2v) is 28.1. The van der Waals surface area contributed by atoms with Crippen molar-refractivity contribution in [2.24, 2.45) is 0 Å². The number of amides is 1. The SMILES string of the molecule is CCCCC/C=C\C/C=C\CCCCCCCCCCCC(=O)OCCCCCCCCCCCCCCCCCC/C=C\CCCCCCCCCCCCCCCCCCCC(=O)NC(COC1OC(CO)C(O)C(O)C1O)C(O)/C=C/CCCCCCCCC. The van der Waals surface area contributed by atoms with Gasteiger partial charge >= 0.3 is 5.97 Å². The van der Waals surface area contributed by atoms with Crippen LogP contribution in [0.1, 0.15) is 399 Å². The number of carbonyl (C=O) groups is 2. The number of unbranched alkanes of at least 4 members (excludes halogenated alkanes) is 52. The first-order valence-electron chi connectivity index (χ1n) is 40.4. The van der Waals surface area contributed by atoms with E-state index in [9.17, 15) is 35.1 Å². The van der Waals surface area contributed by atoms with Crippen molar-refractivity contribution in [2.75, 3.05) is 19.8 Å². The van der Waals surface area contributed by atoms with Crippen LogP contribution in [0.25, 0.3) is 0 Å². The third kappa shape index (κ3) is 59.4. The summed E-state index contributed by atoms with van der Waals surface area (Å²) in [6, 6.07) is -0.806. The van der Waals surface area contributed by atoms with Gasteiger partial charge in [0.05, 0.1) is 32.0 Å². The maximum absolute atomic E-state index is 13.0. The van der Waals surface area contributed by atoms with E-state index in [1.807, 2.05) is 6.08 Å². The number of rotatable bonds is 72. The number of aliphatic hydroxyl groups is 5. The Labute approximate surface area is 574 Å². The predicted molar refractivity (Wildman–Crippen MR) is 394 cm³/mol. The van der Waals surface area contributed by atoms with Gasteiger partial charge in [-0.05, 0) is 89.9 Å². The summed E-state index contributed by atoms with van der Waals surface area (Å²) in [7, 11) is 0. The first-order valence-corrected chi connectivity index (χ1v) is 40.4. The van der Waals surface area contributed by atoms with Gasteiger partial charge in [-0.2, -0.15) is 0 Å². The van der Waals surface area contributed by atoms with Gasteiger partial charge in [0.1, 0.15) is 24.4 Å². The number of hydrogen-bond acceptors (Lipinski definition) is 10. The Balaban J connectivity index is 1.84. The molecule has 1 aliphatic heterocycles. The van der Waals surface area contributed by atoms with E-state index in [2.05, 4.69) is 55.6 Å². The number of ether oxygens (including phenoxy) is 3. The quantitative estimate of drug-likeness (QED) is 0.0195. The summed E-state index contributed by atoms with van der Waals surface area (Å²) in [5, 5.41) is 54.4. The predicted octanol–water partition coefficient (Wildman–Crippen LogP) is 21.9. The molecule has 0 aromatic rings. The van der Waals surface area contributed by atoms with E-state index >= 15 is 0 Å². The van der Waals surface area contributed by atoms with Crippen molar-refractivity contribution in [2.45, 2.75) is 442 Å². The van der Waals surface area contributed by atoms with Gasteiger partial charge in [-0.15, -0.1) is 0 Å². The largest absolute Gasteiger partial charge is 0.466 e. The minimum atomic E-state index is -1.57. The van der Waals surface area contributed by atoms with Gasteiger partial charge in [-0.3, -0.25) is 9.59 Å². The van der Waals surface area contributed by atoms with Crippen LogP contribution in [0.15, 0.2) is 48.6 Å². The molecular formula is C82H153NO10. The van der Waals surface area contributed by atoms with Gasteiger partial charge in [0.25, 0.3) is 0 Å². The Hall–Kier alpha value is -2.38. The molecule has 1 heterocycles. The first kappa shape index (κ1) is 88.6. The highest BCUT2D eigenvalue weighted by Crippen LogP contribution is 2.24. The lowest BCUT2D eigenvalue weighted by molar-refractivity contribution is -0.302. The standard InChI is InChI=1S/C82H153NO10/c1-3-5-7-9-11-13-14-15-16-17-37-41-44-47-50-54-58-62-66-70-78(87)91-71-67-63-59-55-51-48-45-42-39-36-34-32-30-28-26-24-22-20-18-19-21-23-25-27-29-31-33-35-38-40-43-46-49-53-57-61-65-69-77(86)83-74(75(85)68-64-60-56-52-12-10-8-6-4-2)73-92-82-81(90)80(89)79(88)76(72-84)93-82/h11,13,15-16,18,20,64,68,74-76,79-82,84-85,88-90H,3-10,12,14,17,19,21-63,65-67,69-73H2,1-2H3,(H,83,86)/b13-11-,16-15-,20-18-,68-64+. The van der Waals surface area contributed by atoms with E-state index in [-0.39, 0.29) is 18.5 Å². The van der Waals surface area contributed by atoms with Crippen molar-refractivity contribution in [3.63, 3.8) is 0 Å². The van der Waals surface area contributed by atoms with Crippen molar-refractivity contribution in [3.05, 3.63) is 48.6 Å². The monoisotopic (exact) mass is 1310 g/mol. The molecule has 0 aromatic heterocycles. The summed E-state index contributed by atoms with van der Waals surface area (Å²) in [5.74, 6) is -0.166. The maximum atomic E-state index is 13.0. The lowest BCUT2D eigenvalue weighted by Gasteiger charge is -2.40. The summed E-state index contributed by atoms with van der Waals surface area (Å²) in [6.45, 7) is 4.33. The van der Waals surface area contributed by atoms with Crippen molar-refractivity contribution < 1.29 is 49.3 Å². The smallest absolute Gasteiger partial charge is 0.305 e. The molecule has 0 saturated carbocycles. The molecule has 0 aromatic carbocycles. The number of esters is 1. The van der Waals surface area contributed by atoms with Gasteiger partial charge in [-0.1, -0.05) is 345 Å². The van der Waals surface area contributed by atoms with Gasteiger partial charge in [0.15, 0.2) is 6.29 Å². The summed E-state index contributed by atoms with van der Waals surface area (Å²) >= 11 is 0. The molecule has 1 aliphatic rings. The highest BCUT2D eigenvalue weighted by atomic mass is 16.7. The fourth-order valence-corrected chi connectivity index (χ4v) is 12.8. The Morgan fingerprint density at radius 3 is 1.12 bits per heavy atom. The third-order valence-electron chi connectivity index (χ3n) is 19.2. The van der Waals surface area contributed by atoms with Crippen LogP contribution >= 0.6 is 0 Å². The molecule has 0 spiro atoms. The zero-order valence-corrected chi connectivity index (χ0v) is 61.0. The van der Waals surface area contributed by atoms with Gasteiger partial charge in [0.2, 0.25) is 5.91 Å². The summed E-state index contributed by atoms with van der Waals surface area (Å²) in [4.78, 5) is 25.2. The lowest BCUT2D eigenvalue weighted by Crippen LogP contribution is -2.60. The van der Waals surface area contributed by atoms with Gasteiger partial charge in [0, 0.05) is 12.8 Å². The molecule has 0 radical (unpaired) electrons. The van der Waals surface area contributed by atoms with Gasteiger partial charge in [-0.25, -0.2) is 0 Å². The molecule has 11 heteroatoms. The van der Waals surface area contributed by atoms with E-state index in [1.54, 1.807) is 6.08 Å². The van der Waals surface area contributed by atoms with E-state index in [1.165, 1.54) is 308 Å². The summed E-state index contributed by atoms with van der Waals surface area (Å²) in [5.41, 5.74) is 0. The molecule has 7 atom stereocenters. The first-order chi connectivity index (χ1) is 45.7. The second kappa shape index (κ2) is 70.9. The lowest BCUT2D eigenvalue weighted by atomic mass is 9.99. The minimum Gasteiger partial charge on any atom is -0.466 e. The average Bonchev–Trinajstić information content (AvgIpc) is 0.878. The number of hydrogen-bond donors (Lipinski definition) is 6. The van der Waals surface area contributed by atoms with E-state index in [4.69, 9.17) is 14.2 Å². The molecule has 1 amide bonds. The molecule has 1 fully saturated rings. The fourth-order valence-electron chi connectivity index (χ4n) is 12.8. The topological polar surface area (TPSA) is 175 Å². The van der Waals surface area contributed by atoms with Crippen LogP contribution in [0.4, 0.5) is 0 Å². The van der Waals surface area contributed by atoms with Crippen LogP contribution in [-0.2, 0) is 23.8 Å². The molecule has 0 bridgehead atoms. The number of carbonyl (C=O) groups excluding carboxylic acids is 2. The van der Waals surface area contributed by atoms with E-state index < -0.39 is 49.5 Å². The highest BCUT2D eigenvalue weighted by molar-refractivity contribution is 5.76. The van der Waals surface area contributed by atoms with Crippen LogP contribution in [0, 0.1) is 0 Å². The minimum absolute atomic E-state index is 0.0119. The molecule has 0 aliphatic carbocycles. The zero-order valence-electron chi connectivity index (χ0n) is 61.0. The van der Waals surface area contributed by atoms with Crippen LogP contribution in [-0.4, -0.2) is 100 Å². The molecular weight excluding hydrogens is 1160 g/mol. The van der Waals surface area contributed by atoms with Crippen molar-refractivity contribution in [1.29, 1.82) is 0 Å². The number of allylic oxidation sites excluding steroid dienone is 7. The normalized spacial score (nSPS) is 17.7. The molecule has 93 heavy (non-hydrogen) atoms. The van der Waals surface area contributed by atoms with Crippen molar-refractivity contribution in [3.8, 4) is 0 Å². The average molecular weight is 1310 g/mol. The highest BCUT2D eigenvalue weighted by Gasteiger charge is 2.44. The van der Waals surface area contributed by atoms with Crippen LogP contribution in [0.2, 0.25) is 0 Å². The molecule has 1 rings (SSSR count). The van der Waals surface area contributed by atoms with Gasteiger partial charge < -0.3 is 45.1 Å². The third-order valence-corrected chi connectivity index (χ3v) is 19.2. The van der Waals surface area contributed by atoms with E-state index in [0.717, 1.165) is 64.2 Å². The van der Waals surface area contributed by atoms with Crippen LogP contribution < -0.4 is 5.32 Å². The Morgan fingerprint density at radius 2 is 0.720 bits per heavy atom. The fraction of sp³-hybridized carbons (Fsp3) is 0.878. The number of nitrogens with one attached hydrogen (secondary N) is 1. The second-order valence-electron chi connectivity index (χ2n) is 28.1. The zero-order chi connectivity index (χ0) is 67.2. The molecule has 6 N–H and O–H groups in total. The van der Waals surface area contributed by atoms with Crippen molar-refractivity contribution in [1.82, 2.24) is 5.32 Å². The summed E-state index contributed by atoms with van der Waals surface area (Å²) < 4.78 is 16.8. The molecule has 11 nitrogen and oxygen atoms in total. The van der Waals surface area contributed by atoms with Crippen LogP contribution in [0.3, 0.4) is 0 Å². The van der Waals surface area contributed by atoms with Crippen LogP contribution in [0.5, 0.6) is 0 Å².